The van der Waals surface area contributed by atoms with E-state index in [-0.39, 0.29) is 30.6 Å². The van der Waals surface area contributed by atoms with E-state index in [9.17, 15) is 26.4 Å². The zero-order valence-electron chi connectivity index (χ0n) is 18.1. The normalized spacial score (nSPS) is 11.9. The van der Waals surface area contributed by atoms with Crippen LogP contribution in [-0.4, -0.2) is 58.6 Å². The van der Waals surface area contributed by atoms with Crippen LogP contribution in [0, 0.1) is 0 Å². The summed E-state index contributed by atoms with van der Waals surface area (Å²) in [6.07, 6.45) is 0.233. The van der Waals surface area contributed by atoms with E-state index in [0.717, 1.165) is 12.1 Å². The molecule has 0 heterocycles. The first-order chi connectivity index (χ1) is 15.4. The van der Waals surface area contributed by atoms with Gasteiger partial charge in [-0.05, 0) is 68.0 Å². The van der Waals surface area contributed by atoms with E-state index in [1.165, 1.54) is 18.1 Å². The largest absolute Gasteiger partial charge is 0.569 e. The van der Waals surface area contributed by atoms with Gasteiger partial charge in [0.25, 0.3) is 9.84 Å². The first-order valence-corrected chi connectivity index (χ1v) is 11.1. The number of carbonyl (C=O) groups excluding carboxylic acids is 1. The van der Waals surface area contributed by atoms with Crippen molar-refractivity contribution >= 4 is 29.1 Å². The maximum absolute atomic E-state index is 13.0. The van der Waals surface area contributed by atoms with E-state index >= 15 is 0 Å². The summed E-state index contributed by atoms with van der Waals surface area (Å²) in [6, 6.07) is 7.93. The summed E-state index contributed by atoms with van der Waals surface area (Å²) in [5, 5.41) is 11.3. The molecule has 0 atom stereocenters. The number of nitrogens with one attached hydrogen (secondary N) is 1. The zero-order chi connectivity index (χ0) is 24.8. The maximum Gasteiger partial charge on any atom is 0.569 e. The number of alkyl halides is 3. The molecule has 0 aliphatic rings. The highest BCUT2D eigenvalue weighted by molar-refractivity contribution is 7.92. The molecule has 0 aromatic heterocycles. The Balaban J connectivity index is 2.21. The van der Waals surface area contributed by atoms with E-state index in [1.54, 1.807) is 32.3 Å². The first-order valence-electron chi connectivity index (χ1n) is 9.57. The molecule has 2 aromatic rings. The van der Waals surface area contributed by atoms with Crippen molar-refractivity contribution in [1.82, 2.24) is 4.90 Å². The number of methoxy groups -OCH3 is 1. The van der Waals surface area contributed by atoms with Crippen molar-refractivity contribution in [2.75, 3.05) is 26.5 Å². The molecule has 2 N–H and O–H groups in total. The van der Waals surface area contributed by atoms with Crippen molar-refractivity contribution in [2.45, 2.75) is 29.8 Å². The van der Waals surface area contributed by atoms with Crippen molar-refractivity contribution in [1.29, 1.82) is 0 Å². The molecule has 0 spiro atoms. The number of ether oxygens (including phenoxy) is 1. The molecule has 0 saturated carbocycles. The highest BCUT2D eigenvalue weighted by atomic mass is 32.2. The lowest BCUT2D eigenvalue weighted by atomic mass is 10.1. The topological polar surface area (TPSA) is 105 Å². The third-order valence-electron chi connectivity index (χ3n) is 4.49. The first kappa shape index (κ1) is 26.5. The van der Waals surface area contributed by atoms with Crippen LogP contribution in [0.1, 0.15) is 17.5 Å². The molecule has 0 saturated heterocycles. The SMILES string of the molecule is COc1ccc(O[B]O)cc1CCC(=O)Nc1ccc(S(=O)(=O)C(F)(F)F)c(CN(C)C)c1. The smallest absolute Gasteiger partial charge is 0.537 e. The van der Waals surface area contributed by atoms with Gasteiger partial charge in [-0.15, -0.1) is 0 Å². The van der Waals surface area contributed by atoms with Crippen molar-refractivity contribution in [3.63, 3.8) is 0 Å². The van der Waals surface area contributed by atoms with Gasteiger partial charge in [0.2, 0.25) is 5.91 Å². The number of anilines is 1. The number of sulfone groups is 1. The van der Waals surface area contributed by atoms with Crippen LogP contribution in [0.2, 0.25) is 0 Å². The lowest BCUT2D eigenvalue weighted by molar-refractivity contribution is -0.116. The standard InChI is InChI=1S/C20H23BF3N2O6S/c1-26(2)12-14-10-15(5-8-18(14)33(29,30)20(22,23)24)25-19(27)9-4-13-11-16(32-21-28)6-7-17(13)31-3/h5-8,10-11,28H,4,9,12H2,1-3H3,(H,25,27). The van der Waals surface area contributed by atoms with Gasteiger partial charge < -0.3 is 24.6 Å². The van der Waals surface area contributed by atoms with Gasteiger partial charge in [-0.25, -0.2) is 8.42 Å². The Kier molecular flexibility index (Phi) is 8.75. The zero-order valence-corrected chi connectivity index (χ0v) is 19.0. The summed E-state index contributed by atoms with van der Waals surface area (Å²) >= 11 is 0. The predicted molar refractivity (Wildman–Crippen MR) is 116 cm³/mol. The molecule has 179 valence electrons. The van der Waals surface area contributed by atoms with Crippen molar-refractivity contribution in [3.05, 3.63) is 47.5 Å². The Morgan fingerprint density at radius 2 is 1.85 bits per heavy atom. The molecule has 0 aliphatic carbocycles. The minimum Gasteiger partial charge on any atom is -0.537 e. The number of hydrogen-bond acceptors (Lipinski definition) is 7. The summed E-state index contributed by atoms with van der Waals surface area (Å²) in [7, 11) is -0.411. The minimum absolute atomic E-state index is 0.00569. The van der Waals surface area contributed by atoms with E-state index < -0.39 is 26.1 Å². The van der Waals surface area contributed by atoms with Crippen LogP contribution in [0.4, 0.5) is 18.9 Å². The van der Waals surface area contributed by atoms with Crippen molar-refractivity contribution in [3.8, 4) is 11.5 Å². The molecule has 1 radical (unpaired) electrons. The van der Waals surface area contributed by atoms with Crippen LogP contribution >= 0.6 is 0 Å². The number of carbonyl (C=O) groups is 1. The van der Waals surface area contributed by atoms with Gasteiger partial charge in [0.1, 0.15) is 11.5 Å². The van der Waals surface area contributed by atoms with Gasteiger partial charge in [0, 0.05) is 18.7 Å². The number of rotatable bonds is 10. The van der Waals surface area contributed by atoms with Crippen LogP contribution in [0.15, 0.2) is 41.3 Å². The van der Waals surface area contributed by atoms with Crippen LogP contribution in [-0.2, 0) is 27.6 Å². The fourth-order valence-electron chi connectivity index (χ4n) is 3.06. The average Bonchev–Trinajstić information content (AvgIpc) is 2.71. The van der Waals surface area contributed by atoms with Gasteiger partial charge in [0.05, 0.1) is 12.0 Å². The molecule has 2 aromatic carbocycles. The molecule has 0 aliphatic heterocycles. The van der Waals surface area contributed by atoms with Crippen LogP contribution < -0.4 is 14.7 Å². The molecule has 13 heteroatoms. The fourth-order valence-corrected chi connectivity index (χ4v) is 4.03. The van der Waals surface area contributed by atoms with Crippen LogP contribution in [0.3, 0.4) is 0 Å². The van der Waals surface area contributed by atoms with Crippen LogP contribution in [0.25, 0.3) is 0 Å². The molecular formula is C20H23BF3N2O6S. The molecule has 2 rings (SSSR count). The lowest BCUT2D eigenvalue weighted by Crippen LogP contribution is -2.25. The number of hydrogen-bond donors (Lipinski definition) is 2. The molecule has 0 fully saturated rings. The molecule has 33 heavy (non-hydrogen) atoms. The van der Waals surface area contributed by atoms with Crippen LogP contribution in [0.5, 0.6) is 11.5 Å². The molecule has 0 unspecified atom stereocenters. The Bertz CT molecular complexity index is 1090. The lowest BCUT2D eigenvalue weighted by Gasteiger charge is -2.17. The second kappa shape index (κ2) is 10.9. The summed E-state index contributed by atoms with van der Waals surface area (Å²) in [5.74, 6) is 0.394. The maximum atomic E-state index is 13.0. The fraction of sp³-hybridized carbons (Fsp3) is 0.350. The Hall–Kier alpha value is -2.77. The summed E-state index contributed by atoms with van der Waals surface area (Å²) < 4.78 is 73.1. The predicted octanol–water partition coefficient (Wildman–Crippen LogP) is 2.53. The van der Waals surface area contributed by atoms with E-state index in [0.29, 0.717) is 24.7 Å². The van der Waals surface area contributed by atoms with Crippen molar-refractivity contribution < 1.29 is 40.8 Å². The molecular weight excluding hydrogens is 464 g/mol. The number of aryl methyl sites for hydroxylation is 1. The minimum atomic E-state index is -5.55. The quantitative estimate of drug-likeness (QED) is 0.497. The Morgan fingerprint density at radius 3 is 2.42 bits per heavy atom. The van der Waals surface area contributed by atoms with E-state index in [4.69, 9.17) is 14.4 Å². The third kappa shape index (κ3) is 6.86. The van der Waals surface area contributed by atoms with Gasteiger partial charge in [-0.2, -0.15) is 13.2 Å². The van der Waals surface area contributed by atoms with E-state index in [2.05, 4.69) is 5.32 Å². The van der Waals surface area contributed by atoms with E-state index in [1.807, 2.05) is 0 Å². The summed E-state index contributed by atoms with van der Waals surface area (Å²) in [5.41, 5.74) is -4.74. The Labute approximate surface area is 190 Å². The summed E-state index contributed by atoms with van der Waals surface area (Å²) in [6.45, 7) is -0.0831. The van der Waals surface area contributed by atoms with Gasteiger partial charge in [-0.3, -0.25) is 4.79 Å². The third-order valence-corrected chi connectivity index (χ3v) is 6.07. The molecule has 8 nitrogen and oxygen atoms in total. The van der Waals surface area contributed by atoms with Gasteiger partial charge in [-0.1, -0.05) is 0 Å². The second-order valence-corrected chi connectivity index (χ2v) is 9.16. The molecule has 0 bridgehead atoms. The molecule has 1 amide bonds. The van der Waals surface area contributed by atoms with Crippen molar-refractivity contribution in [2.24, 2.45) is 0 Å². The second-order valence-electron chi connectivity index (χ2n) is 7.25. The Morgan fingerprint density at radius 1 is 1.15 bits per heavy atom. The average molecular weight is 487 g/mol. The number of benzene rings is 2. The number of halogens is 3. The number of nitrogens with zero attached hydrogens (tertiary/aromatic N) is 1. The van der Waals surface area contributed by atoms with Gasteiger partial charge >= 0.3 is 13.2 Å². The monoisotopic (exact) mass is 487 g/mol. The van der Waals surface area contributed by atoms with Gasteiger partial charge in [0.15, 0.2) is 0 Å². The number of amides is 1. The summed E-state index contributed by atoms with van der Waals surface area (Å²) in [4.78, 5) is 13.1. The highest BCUT2D eigenvalue weighted by Gasteiger charge is 2.47. The highest BCUT2D eigenvalue weighted by Crippen LogP contribution is 2.34.